The predicted octanol–water partition coefficient (Wildman–Crippen LogP) is 0.704. The fraction of sp³-hybridized carbons (Fsp3) is 0.391. The summed E-state index contributed by atoms with van der Waals surface area (Å²) >= 11 is 0. The Morgan fingerprint density at radius 2 is 1.55 bits per heavy atom. The van der Waals surface area contributed by atoms with Crippen molar-refractivity contribution in [2.75, 3.05) is 46.4 Å². The molecule has 0 aliphatic carbocycles. The van der Waals surface area contributed by atoms with Crippen molar-refractivity contribution in [2.24, 2.45) is 17.2 Å². The van der Waals surface area contributed by atoms with Crippen LogP contribution < -0.4 is 53.5 Å². The highest BCUT2D eigenvalue weighted by molar-refractivity contribution is 5.99. The summed E-state index contributed by atoms with van der Waals surface area (Å²) in [5.74, 6) is -2.93. The molecule has 0 saturated heterocycles. The molecule has 344 valence electrons. The van der Waals surface area contributed by atoms with Crippen LogP contribution in [0.15, 0.2) is 77.7 Å². The van der Waals surface area contributed by atoms with Crippen molar-refractivity contribution >= 4 is 29.5 Å². The van der Waals surface area contributed by atoms with Crippen molar-refractivity contribution in [3.8, 4) is 34.4 Å². The zero-order valence-electron chi connectivity index (χ0n) is 37.2. The van der Waals surface area contributed by atoms with E-state index in [0.717, 1.165) is 21.2 Å². The van der Waals surface area contributed by atoms with Gasteiger partial charge in [0, 0.05) is 43.8 Å². The van der Waals surface area contributed by atoms with Gasteiger partial charge >= 0.3 is 0 Å². The number of hydrogen-bond acceptors (Lipinski definition) is 13. The second-order valence-corrected chi connectivity index (χ2v) is 16.5. The molecule has 0 fully saturated rings. The van der Waals surface area contributed by atoms with Gasteiger partial charge < -0.3 is 52.8 Å². The first kappa shape index (κ1) is 48.9. The van der Waals surface area contributed by atoms with Crippen molar-refractivity contribution in [3.63, 3.8) is 0 Å². The zero-order chi connectivity index (χ0) is 47.4. The lowest BCUT2D eigenvalue weighted by atomic mass is 9.87. The molecule has 19 nitrogen and oxygen atoms in total. The summed E-state index contributed by atoms with van der Waals surface area (Å²) in [7, 11) is 1.37. The number of fused-ring (bicyclic) bond motifs is 5. The number of nitrogens with one attached hydrogen (secondary N) is 4. The number of carbonyl (C=O) groups is 5. The Kier molecular flexibility index (Phi) is 16.5. The van der Waals surface area contributed by atoms with Crippen LogP contribution in [-0.2, 0) is 31.0 Å². The lowest BCUT2D eigenvalue weighted by Gasteiger charge is -2.32. The highest BCUT2D eigenvalue weighted by Gasteiger charge is 2.36. The first-order chi connectivity index (χ1) is 31.0. The van der Waals surface area contributed by atoms with Gasteiger partial charge in [-0.2, -0.15) is 15.0 Å². The molecule has 10 N–H and O–H groups in total. The largest absolute Gasteiger partial charge is 0.492 e. The SMILES string of the molecule is C[C@@H]1NC(=O)[C@@H](N(C)C(=O)[C@H](CCN)NC(=O)c2cnn(-c3ccc(C(C)(C)C)cc3)c(=O)c2)c2ccc(OCCN)c(c2)-c2cc(ccc2OCCN)C[C@@H](C(=O)NCC#N)NC1=O. The minimum atomic E-state index is -1.44. The minimum Gasteiger partial charge on any atom is -0.492 e. The molecule has 0 saturated carbocycles. The average molecular weight is 892 g/mol. The number of carbonyl (C=O) groups excluding carboxylic acids is 5. The maximum atomic E-state index is 14.6. The highest BCUT2D eigenvalue weighted by Crippen LogP contribution is 2.40. The summed E-state index contributed by atoms with van der Waals surface area (Å²) in [5.41, 5.74) is 20.1. The summed E-state index contributed by atoms with van der Waals surface area (Å²) < 4.78 is 13.3. The number of nitrogens with two attached hydrogens (primary N) is 3. The number of hydrogen-bond donors (Lipinski definition) is 7. The summed E-state index contributed by atoms with van der Waals surface area (Å²) in [4.78, 5) is 84.2. The van der Waals surface area contributed by atoms with Crippen molar-refractivity contribution < 1.29 is 33.4 Å². The molecule has 0 radical (unpaired) electrons. The molecule has 4 bridgehead atoms. The number of nitriles is 1. The van der Waals surface area contributed by atoms with E-state index in [-0.39, 0.29) is 68.8 Å². The van der Waals surface area contributed by atoms with Gasteiger partial charge in [0.25, 0.3) is 11.5 Å². The second-order valence-electron chi connectivity index (χ2n) is 16.5. The molecule has 0 spiro atoms. The van der Waals surface area contributed by atoms with Crippen molar-refractivity contribution in [3.05, 3.63) is 106 Å². The van der Waals surface area contributed by atoms with Gasteiger partial charge in [0.1, 0.15) is 55.4 Å². The third-order valence-electron chi connectivity index (χ3n) is 10.7. The minimum absolute atomic E-state index is 0.0126. The number of ether oxygens (including phenoxy) is 2. The van der Waals surface area contributed by atoms with Gasteiger partial charge in [0.15, 0.2) is 0 Å². The first-order valence-corrected chi connectivity index (χ1v) is 21.2. The van der Waals surface area contributed by atoms with Crippen molar-refractivity contribution in [1.29, 1.82) is 5.26 Å². The molecule has 2 heterocycles. The van der Waals surface area contributed by atoms with E-state index >= 15 is 0 Å². The molecule has 4 atom stereocenters. The Labute approximate surface area is 377 Å². The van der Waals surface area contributed by atoms with Gasteiger partial charge in [-0.3, -0.25) is 28.8 Å². The van der Waals surface area contributed by atoms with Crippen LogP contribution in [0, 0.1) is 11.3 Å². The monoisotopic (exact) mass is 891 g/mol. The average Bonchev–Trinajstić information content (AvgIpc) is 3.28. The maximum Gasteiger partial charge on any atom is 0.272 e. The van der Waals surface area contributed by atoms with Gasteiger partial charge in [0.05, 0.1) is 23.5 Å². The van der Waals surface area contributed by atoms with Crippen molar-refractivity contribution in [2.45, 2.75) is 70.1 Å². The van der Waals surface area contributed by atoms with Gasteiger partial charge in [-0.05, 0) is 78.4 Å². The lowest BCUT2D eigenvalue weighted by Crippen LogP contribution is -2.56. The molecule has 5 amide bonds. The fourth-order valence-corrected chi connectivity index (χ4v) is 7.20. The fourth-order valence-electron chi connectivity index (χ4n) is 7.20. The molecule has 3 aromatic carbocycles. The molecule has 1 aliphatic heterocycles. The van der Waals surface area contributed by atoms with E-state index in [0.29, 0.717) is 33.9 Å². The molecular weight excluding hydrogens is 835 g/mol. The Bertz CT molecular complexity index is 2480. The molecule has 5 rings (SSSR count). The number of amides is 5. The second kappa shape index (κ2) is 22.0. The Morgan fingerprint density at radius 1 is 0.908 bits per heavy atom. The van der Waals surface area contributed by atoms with E-state index in [4.69, 9.17) is 31.9 Å². The number of rotatable bonds is 15. The predicted molar refractivity (Wildman–Crippen MR) is 242 cm³/mol. The Balaban J connectivity index is 1.55. The van der Waals surface area contributed by atoms with E-state index < -0.39 is 59.3 Å². The molecule has 4 aromatic rings. The smallest absolute Gasteiger partial charge is 0.272 e. The first-order valence-electron chi connectivity index (χ1n) is 21.2. The number of benzene rings is 3. The van der Waals surface area contributed by atoms with Gasteiger partial charge in [-0.25, -0.2) is 0 Å². The van der Waals surface area contributed by atoms with Crippen LogP contribution in [0.2, 0.25) is 0 Å². The quantitative estimate of drug-likeness (QED) is 0.0811. The summed E-state index contributed by atoms with van der Waals surface area (Å²) in [6, 6.07) is 15.2. The van der Waals surface area contributed by atoms with Gasteiger partial charge in [-0.1, -0.05) is 45.0 Å². The molecule has 65 heavy (non-hydrogen) atoms. The summed E-state index contributed by atoms with van der Waals surface area (Å²) in [5, 5.41) is 23.9. The van der Waals surface area contributed by atoms with Crippen LogP contribution in [-0.4, -0.2) is 109 Å². The Morgan fingerprint density at radius 3 is 2.15 bits per heavy atom. The number of aromatic nitrogens is 2. The zero-order valence-corrected chi connectivity index (χ0v) is 37.2. The standard InChI is InChI=1S/C46H57N11O8/c1-27-41(59)55-36(43(61)51-19-16-48)23-28-6-12-37(64-20-17-49)33(22-28)34-24-29(7-13-38(34)65-21-18-50)40(44(62)53-27)56(5)45(63)35(14-15-47)54-42(60)30-25-39(58)57(52-26-30)32-10-8-31(9-11-32)46(2,3)4/h6-13,22,24-27,35-36,40H,14-15,17-21,23,47,49-50H2,1-5H3,(H,51,61)(H,53,62)(H,54,60)(H,55,59)/t27-,35-,36-,40-/m0/s1. The van der Waals surface area contributed by atoms with E-state index in [1.54, 1.807) is 48.5 Å². The molecule has 1 aromatic heterocycles. The van der Waals surface area contributed by atoms with E-state index in [1.807, 2.05) is 18.2 Å². The highest BCUT2D eigenvalue weighted by atomic mass is 16.5. The molecule has 19 heteroatoms. The molecule has 1 aliphatic rings. The third-order valence-corrected chi connectivity index (χ3v) is 10.7. The Hall–Kier alpha value is -7.14. The van der Waals surface area contributed by atoms with Gasteiger partial charge in [0.2, 0.25) is 23.6 Å². The third kappa shape index (κ3) is 12.1. The number of nitrogens with zero attached hydrogens (tertiary/aromatic N) is 4. The summed E-state index contributed by atoms with van der Waals surface area (Å²) in [6.45, 7) is 7.87. The van der Waals surface area contributed by atoms with Crippen LogP contribution >= 0.6 is 0 Å². The van der Waals surface area contributed by atoms with Crippen molar-refractivity contribution in [1.82, 2.24) is 35.9 Å². The number of likely N-dealkylation sites (N-methyl/N-ethyl adjacent to an activating group) is 1. The topological polar surface area (TPSA) is 292 Å². The van der Waals surface area contributed by atoms with Crippen LogP contribution in [0.4, 0.5) is 0 Å². The van der Waals surface area contributed by atoms with E-state index in [9.17, 15) is 28.8 Å². The summed E-state index contributed by atoms with van der Waals surface area (Å²) in [6.07, 6.45) is 1.14. The normalized spacial score (nSPS) is 16.7. The van der Waals surface area contributed by atoms with Crippen LogP contribution in [0.5, 0.6) is 11.5 Å². The lowest BCUT2D eigenvalue weighted by molar-refractivity contribution is -0.141. The molecule has 0 unspecified atom stereocenters. The van der Waals surface area contributed by atoms with E-state index in [1.165, 1.54) is 20.2 Å². The van der Waals surface area contributed by atoms with Crippen LogP contribution in [0.3, 0.4) is 0 Å². The maximum absolute atomic E-state index is 14.6. The van der Waals surface area contributed by atoms with Gasteiger partial charge in [-0.15, -0.1) is 0 Å². The molecular formula is C46H57N11O8. The van der Waals surface area contributed by atoms with Crippen LogP contribution in [0.25, 0.3) is 16.8 Å². The van der Waals surface area contributed by atoms with E-state index in [2.05, 4.69) is 47.1 Å². The van der Waals surface area contributed by atoms with Crippen LogP contribution in [0.1, 0.15) is 67.2 Å².